The predicted molar refractivity (Wildman–Crippen MR) is 119 cm³/mol. The smallest absolute Gasteiger partial charge is 0.224 e. The standard InChI is InChI=1S/C24H34N4O/c1-3-4-5-6-7-16-25-24(29)21-9-8-17-28(18-21)23-15-14-22(26-27-23)20-12-10-19(2)11-13-20/h10-15,21H,3-9,16-18H2,1-2H3,(H,25,29)/t21-/m0/s1. The zero-order chi connectivity index (χ0) is 20.5. The zero-order valence-corrected chi connectivity index (χ0v) is 17.9. The molecule has 0 bridgehead atoms. The molecular formula is C24H34N4O. The molecule has 1 aromatic carbocycles. The highest BCUT2D eigenvalue weighted by Crippen LogP contribution is 2.23. The summed E-state index contributed by atoms with van der Waals surface area (Å²) in [7, 11) is 0. The van der Waals surface area contributed by atoms with Crippen LogP contribution in [-0.2, 0) is 4.79 Å². The van der Waals surface area contributed by atoms with Gasteiger partial charge in [0.05, 0.1) is 11.6 Å². The molecule has 0 spiro atoms. The molecule has 0 unspecified atom stereocenters. The SMILES string of the molecule is CCCCCCCNC(=O)[C@H]1CCCN(c2ccc(-c3ccc(C)cc3)nn2)C1. The molecule has 1 aromatic heterocycles. The van der Waals surface area contributed by atoms with Gasteiger partial charge in [0.25, 0.3) is 0 Å². The summed E-state index contributed by atoms with van der Waals surface area (Å²) in [5.41, 5.74) is 3.18. The second-order valence-corrected chi connectivity index (χ2v) is 8.13. The number of hydrogen-bond donors (Lipinski definition) is 1. The van der Waals surface area contributed by atoms with Gasteiger partial charge in [-0.1, -0.05) is 62.4 Å². The van der Waals surface area contributed by atoms with Crippen molar-refractivity contribution >= 4 is 11.7 Å². The molecular weight excluding hydrogens is 360 g/mol. The number of aromatic nitrogens is 2. The Balaban J connectivity index is 1.51. The van der Waals surface area contributed by atoms with Crippen molar-refractivity contribution in [2.24, 2.45) is 5.92 Å². The minimum Gasteiger partial charge on any atom is -0.356 e. The van der Waals surface area contributed by atoms with Crippen LogP contribution < -0.4 is 10.2 Å². The first kappa shape index (κ1) is 21.3. The number of benzene rings is 1. The van der Waals surface area contributed by atoms with Crippen molar-refractivity contribution in [1.82, 2.24) is 15.5 Å². The number of rotatable bonds is 9. The van der Waals surface area contributed by atoms with E-state index in [1.807, 2.05) is 12.1 Å². The fourth-order valence-electron chi connectivity index (χ4n) is 3.86. The Labute approximate surface area is 174 Å². The van der Waals surface area contributed by atoms with Crippen molar-refractivity contribution < 1.29 is 4.79 Å². The topological polar surface area (TPSA) is 58.1 Å². The third kappa shape index (κ3) is 6.28. The van der Waals surface area contributed by atoms with E-state index in [2.05, 4.69) is 58.5 Å². The highest BCUT2D eigenvalue weighted by molar-refractivity contribution is 5.79. The van der Waals surface area contributed by atoms with E-state index in [1.54, 1.807) is 0 Å². The largest absolute Gasteiger partial charge is 0.356 e. The highest BCUT2D eigenvalue weighted by Gasteiger charge is 2.26. The average Bonchev–Trinajstić information content (AvgIpc) is 2.77. The average molecular weight is 395 g/mol. The number of hydrogen-bond acceptors (Lipinski definition) is 4. The lowest BCUT2D eigenvalue weighted by molar-refractivity contribution is -0.125. The van der Waals surface area contributed by atoms with Gasteiger partial charge in [-0.05, 0) is 38.3 Å². The number of piperidine rings is 1. The number of nitrogens with zero attached hydrogens (tertiary/aromatic N) is 3. The monoisotopic (exact) mass is 394 g/mol. The Hall–Kier alpha value is -2.43. The lowest BCUT2D eigenvalue weighted by Crippen LogP contribution is -2.43. The van der Waals surface area contributed by atoms with E-state index in [0.717, 1.165) is 56.0 Å². The van der Waals surface area contributed by atoms with Crippen molar-refractivity contribution in [3.05, 3.63) is 42.0 Å². The summed E-state index contributed by atoms with van der Waals surface area (Å²) in [4.78, 5) is 14.8. The van der Waals surface area contributed by atoms with E-state index in [0.29, 0.717) is 0 Å². The van der Waals surface area contributed by atoms with Gasteiger partial charge in [-0.2, -0.15) is 0 Å². The van der Waals surface area contributed by atoms with Gasteiger partial charge in [0.1, 0.15) is 0 Å². The molecule has 5 heteroatoms. The van der Waals surface area contributed by atoms with E-state index in [1.165, 1.54) is 31.2 Å². The fourth-order valence-corrected chi connectivity index (χ4v) is 3.86. The van der Waals surface area contributed by atoms with Crippen molar-refractivity contribution in [2.45, 2.75) is 58.8 Å². The number of carbonyl (C=O) groups is 1. The molecule has 29 heavy (non-hydrogen) atoms. The highest BCUT2D eigenvalue weighted by atomic mass is 16.1. The molecule has 1 saturated heterocycles. The molecule has 5 nitrogen and oxygen atoms in total. The maximum absolute atomic E-state index is 12.6. The van der Waals surface area contributed by atoms with Crippen LogP contribution in [0.25, 0.3) is 11.3 Å². The molecule has 156 valence electrons. The first-order valence-corrected chi connectivity index (χ1v) is 11.1. The van der Waals surface area contributed by atoms with E-state index in [-0.39, 0.29) is 11.8 Å². The molecule has 3 rings (SSSR count). The van der Waals surface area contributed by atoms with Gasteiger partial charge in [-0.3, -0.25) is 4.79 Å². The second kappa shape index (κ2) is 10.9. The summed E-state index contributed by atoms with van der Waals surface area (Å²) >= 11 is 0. The molecule has 1 fully saturated rings. The molecule has 1 amide bonds. The first-order valence-electron chi connectivity index (χ1n) is 11.1. The number of aryl methyl sites for hydroxylation is 1. The van der Waals surface area contributed by atoms with Gasteiger partial charge in [0.2, 0.25) is 5.91 Å². The van der Waals surface area contributed by atoms with E-state index >= 15 is 0 Å². The number of carbonyl (C=O) groups excluding carboxylic acids is 1. The van der Waals surface area contributed by atoms with Gasteiger partial charge >= 0.3 is 0 Å². The Morgan fingerprint density at radius 2 is 1.86 bits per heavy atom. The Morgan fingerprint density at radius 3 is 2.59 bits per heavy atom. The van der Waals surface area contributed by atoms with Crippen LogP contribution in [0.4, 0.5) is 5.82 Å². The Kier molecular flexibility index (Phi) is 8.03. The van der Waals surface area contributed by atoms with Crippen LogP contribution in [0.3, 0.4) is 0 Å². The number of amides is 1. The fraction of sp³-hybridized carbons (Fsp3) is 0.542. The molecule has 1 aliphatic rings. The van der Waals surface area contributed by atoms with Crippen LogP contribution in [0.15, 0.2) is 36.4 Å². The molecule has 0 aliphatic carbocycles. The zero-order valence-electron chi connectivity index (χ0n) is 17.9. The normalized spacial score (nSPS) is 16.6. The predicted octanol–water partition coefficient (Wildman–Crippen LogP) is 4.76. The van der Waals surface area contributed by atoms with Crippen LogP contribution in [0.2, 0.25) is 0 Å². The van der Waals surface area contributed by atoms with Gasteiger partial charge in [0, 0.05) is 25.2 Å². The minimum absolute atomic E-state index is 0.0398. The third-order valence-electron chi connectivity index (χ3n) is 5.69. The lowest BCUT2D eigenvalue weighted by atomic mass is 9.97. The molecule has 1 atom stereocenters. The first-order chi connectivity index (χ1) is 14.2. The Bertz CT molecular complexity index is 757. The van der Waals surface area contributed by atoms with Crippen LogP contribution in [-0.4, -0.2) is 35.7 Å². The molecule has 1 N–H and O–H groups in total. The molecule has 1 aliphatic heterocycles. The van der Waals surface area contributed by atoms with E-state index in [4.69, 9.17) is 0 Å². The van der Waals surface area contributed by atoms with E-state index in [9.17, 15) is 4.79 Å². The minimum atomic E-state index is 0.0398. The summed E-state index contributed by atoms with van der Waals surface area (Å²) in [6, 6.07) is 12.4. The van der Waals surface area contributed by atoms with Crippen molar-refractivity contribution in [2.75, 3.05) is 24.5 Å². The van der Waals surface area contributed by atoms with Crippen molar-refractivity contribution in [3.63, 3.8) is 0 Å². The van der Waals surface area contributed by atoms with Gasteiger partial charge in [-0.15, -0.1) is 10.2 Å². The lowest BCUT2D eigenvalue weighted by Gasteiger charge is -2.32. The van der Waals surface area contributed by atoms with Crippen molar-refractivity contribution in [1.29, 1.82) is 0 Å². The Morgan fingerprint density at radius 1 is 1.07 bits per heavy atom. The number of unbranched alkanes of at least 4 members (excludes halogenated alkanes) is 4. The summed E-state index contributed by atoms with van der Waals surface area (Å²) in [6.07, 6.45) is 8.04. The van der Waals surface area contributed by atoms with Gasteiger partial charge in [0.15, 0.2) is 5.82 Å². The van der Waals surface area contributed by atoms with Crippen LogP contribution >= 0.6 is 0 Å². The number of nitrogens with one attached hydrogen (secondary N) is 1. The maximum Gasteiger partial charge on any atom is 0.224 e. The van der Waals surface area contributed by atoms with Crippen LogP contribution in [0.5, 0.6) is 0 Å². The summed E-state index contributed by atoms with van der Waals surface area (Å²) in [5, 5.41) is 12.0. The molecule has 2 aromatic rings. The summed E-state index contributed by atoms with van der Waals surface area (Å²) in [5.74, 6) is 1.09. The molecule has 0 radical (unpaired) electrons. The molecule has 0 saturated carbocycles. The van der Waals surface area contributed by atoms with Crippen LogP contribution in [0, 0.1) is 12.8 Å². The van der Waals surface area contributed by atoms with E-state index < -0.39 is 0 Å². The van der Waals surface area contributed by atoms with Crippen LogP contribution in [0.1, 0.15) is 57.4 Å². The summed E-state index contributed by atoms with van der Waals surface area (Å²) < 4.78 is 0. The quantitative estimate of drug-likeness (QED) is 0.623. The summed E-state index contributed by atoms with van der Waals surface area (Å²) in [6.45, 7) is 6.74. The van der Waals surface area contributed by atoms with Gasteiger partial charge < -0.3 is 10.2 Å². The molecule has 2 heterocycles. The third-order valence-corrected chi connectivity index (χ3v) is 5.69. The van der Waals surface area contributed by atoms with Gasteiger partial charge in [-0.25, -0.2) is 0 Å². The maximum atomic E-state index is 12.6. The second-order valence-electron chi connectivity index (χ2n) is 8.13. The number of anilines is 1. The van der Waals surface area contributed by atoms with Crippen molar-refractivity contribution in [3.8, 4) is 11.3 Å².